The molecule has 6 heteroatoms. The van der Waals surface area contributed by atoms with Crippen LogP contribution >= 0.6 is 0 Å². The van der Waals surface area contributed by atoms with Crippen LogP contribution in [-0.2, 0) is 13.6 Å². The first-order chi connectivity index (χ1) is 11.5. The molecule has 6 nitrogen and oxygen atoms in total. The fourth-order valence-corrected chi connectivity index (χ4v) is 3.31. The van der Waals surface area contributed by atoms with Crippen molar-refractivity contribution in [3.05, 3.63) is 53.3 Å². The van der Waals surface area contributed by atoms with E-state index in [0.29, 0.717) is 25.1 Å². The summed E-state index contributed by atoms with van der Waals surface area (Å²) in [5, 5.41) is 17.2. The van der Waals surface area contributed by atoms with Crippen LogP contribution in [0, 0.1) is 6.92 Å². The summed E-state index contributed by atoms with van der Waals surface area (Å²) in [6, 6.07) is 10.3. The summed E-state index contributed by atoms with van der Waals surface area (Å²) in [7, 11) is 1.80. The molecule has 0 radical (unpaired) electrons. The van der Waals surface area contributed by atoms with Gasteiger partial charge in [-0.3, -0.25) is 14.4 Å². The van der Waals surface area contributed by atoms with E-state index >= 15 is 0 Å². The van der Waals surface area contributed by atoms with Crippen LogP contribution in [0.4, 0.5) is 0 Å². The predicted octanol–water partition coefficient (Wildman–Crippen LogP) is 1.09. The fourth-order valence-electron chi connectivity index (χ4n) is 3.31. The second-order valence-corrected chi connectivity index (χ2v) is 6.47. The Morgan fingerprint density at radius 2 is 2.12 bits per heavy atom. The molecule has 128 valence electrons. The Labute approximate surface area is 142 Å². The maximum atomic E-state index is 12.3. The second-order valence-electron chi connectivity index (χ2n) is 6.47. The molecule has 3 rings (SSSR count). The Balaban J connectivity index is 1.60. The van der Waals surface area contributed by atoms with Crippen LogP contribution in [0.25, 0.3) is 0 Å². The van der Waals surface area contributed by atoms with Crippen molar-refractivity contribution >= 4 is 5.91 Å². The van der Waals surface area contributed by atoms with E-state index in [4.69, 9.17) is 0 Å². The number of carbonyl (C=O) groups excluding carboxylic acids is 1. The topological polar surface area (TPSA) is 70.4 Å². The number of nitrogens with zero attached hydrogens (tertiary/aromatic N) is 3. The first-order valence-corrected chi connectivity index (χ1v) is 8.27. The SMILES string of the molecule is Cc1nn(C)cc1C(=O)NCC1CC(O)CN1Cc1ccccc1. The van der Waals surface area contributed by atoms with E-state index in [0.717, 1.165) is 12.2 Å². The monoisotopic (exact) mass is 328 g/mol. The number of aromatic nitrogens is 2. The lowest BCUT2D eigenvalue weighted by Gasteiger charge is -2.24. The molecule has 0 saturated carbocycles. The van der Waals surface area contributed by atoms with Crippen molar-refractivity contribution in [2.45, 2.75) is 32.0 Å². The van der Waals surface area contributed by atoms with Gasteiger partial charge in [0.1, 0.15) is 0 Å². The molecule has 1 aromatic heterocycles. The Hall–Kier alpha value is -2.18. The summed E-state index contributed by atoms with van der Waals surface area (Å²) < 4.78 is 1.64. The number of aliphatic hydroxyl groups excluding tert-OH is 1. The van der Waals surface area contributed by atoms with Crippen LogP contribution in [0.2, 0.25) is 0 Å². The molecule has 2 unspecified atom stereocenters. The molecule has 1 amide bonds. The second kappa shape index (κ2) is 7.15. The molecule has 2 N–H and O–H groups in total. The smallest absolute Gasteiger partial charge is 0.254 e. The normalized spacial score (nSPS) is 21.1. The number of hydrogen-bond acceptors (Lipinski definition) is 4. The molecule has 0 aliphatic carbocycles. The molecule has 2 aromatic rings. The number of amides is 1. The van der Waals surface area contributed by atoms with Crippen LogP contribution in [0.15, 0.2) is 36.5 Å². The van der Waals surface area contributed by atoms with Crippen molar-refractivity contribution in [3.8, 4) is 0 Å². The Kier molecular flexibility index (Phi) is 4.97. The van der Waals surface area contributed by atoms with Crippen molar-refractivity contribution < 1.29 is 9.90 Å². The molecule has 24 heavy (non-hydrogen) atoms. The molecule has 1 saturated heterocycles. The highest BCUT2D eigenvalue weighted by Crippen LogP contribution is 2.20. The number of aliphatic hydroxyl groups is 1. The zero-order chi connectivity index (χ0) is 17.1. The van der Waals surface area contributed by atoms with Gasteiger partial charge in [0.15, 0.2) is 0 Å². The Bertz CT molecular complexity index is 698. The summed E-state index contributed by atoms with van der Waals surface area (Å²) in [6.45, 7) is 3.78. The summed E-state index contributed by atoms with van der Waals surface area (Å²) >= 11 is 0. The van der Waals surface area contributed by atoms with Gasteiger partial charge in [-0.05, 0) is 18.9 Å². The van der Waals surface area contributed by atoms with Gasteiger partial charge in [0.05, 0.1) is 17.4 Å². The zero-order valence-corrected chi connectivity index (χ0v) is 14.1. The Morgan fingerprint density at radius 1 is 1.38 bits per heavy atom. The van der Waals surface area contributed by atoms with Gasteiger partial charge >= 0.3 is 0 Å². The highest BCUT2D eigenvalue weighted by atomic mass is 16.3. The number of carbonyl (C=O) groups is 1. The van der Waals surface area contributed by atoms with Crippen LogP contribution in [0.3, 0.4) is 0 Å². The van der Waals surface area contributed by atoms with Gasteiger partial charge in [-0.15, -0.1) is 0 Å². The van der Waals surface area contributed by atoms with Gasteiger partial charge in [0, 0.05) is 38.9 Å². The van der Waals surface area contributed by atoms with Crippen LogP contribution in [0.1, 0.15) is 28.0 Å². The van der Waals surface area contributed by atoms with E-state index < -0.39 is 0 Å². The number of nitrogens with one attached hydrogen (secondary N) is 1. The van der Waals surface area contributed by atoms with E-state index in [-0.39, 0.29) is 18.1 Å². The van der Waals surface area contributed by atoms with Crippen molar-refractivity contribution in [1.29, 1.82) is 0 Å². The summed E-state index contributed by atoms with van der Waals surface area (Å²) in [6.07, 6.45) is 2.07. The number of benzene rings is 1. The molecular formula is C18H24N4O2. The average Bonchev–Trinajstić information content (AvgIpc) is 3.07. The van der Waals surface area contributed by atoms with Gasteiger partial charge in [-0.2, -0.15) is 5.10 Å². The lowest BCUT2D eigenvalue weighted by Crippen LogP contribution is -2.39. The van der Waals surface area contributed by atoms with E-state index in [9.17, 15) is 9.90 Å². The van der Waals surface area contributed by atoms with Crippen LogP contribution < -0.4 is 5.32 Å². The highest BCUT2D eigenvalue weighted by molar-refractivity contribution is 5.95. The minimum atomic E-state index is -0.337. The van der Waals surface area contributed by atoms with Crippen molar-refractivity contribution in [3.63, 3.8) is 0 Å². The third kappa shape index (κ3) is 3.83. The number of rotatable bonds is 5. The maximum absolute atomic E-state index is 12.3. The van der Waals surface area contributed by atoms with Crippen LogP contribution in [-0.4, -0.2) is 50.9 Å². The lowest BCUT2D eigenvalue weighted by atomic mass is 10.1. The molecule has 1 fully saturated rings. The third-order valence-corrected chi connectivity index (χ3v) is 4.49. The lowest BCUT2D eigenvalue weighted by molar-refractivity contribution is 0.0939. The van der Waals surface area contributed by atoms with Gasteiger partial charge in [-0.25, -0.2) is 0 Å². The number of likely N-dealkylation sites (tertiary alicyclic amines) is 1. The summed E-state index contributed by atoms with van der Waals surface area (Å²) in [4.78, 5) is 14.6. The van der Waals surface area contributed by atoms with Gasteiger partial charge in [-0.1, -0.05) is 30.3 Å². The van der Waals surface area contributed by atoms with Gasteiger partial charge in [0.2, 0.25) is 0 Å². The van der Waals surface area contributed by atoms with Crippen molar-refractivity contribution in [2.24, 2.45) is 7.05 Å². The van der Waals surface area contributed by atoms with Crippen molar-refractivity contribution in [2.75, 3.05) is 13.1 Å². The first-order valence-electron chi connectivity index (χ1n) is 8.27. The average molecular weight is 328 g/mol. The predicted molar refractivity (Wildman–Crippen MR) is 91.5 cm³/mol. The Morgan fingerprint density at radius 3 is 2.79 bits per heavy atom. The molecule has 0 bridgehead atoms. The van der Waals surface area contributed by atoms with Crippen molar-refractivity contribution in [1.82, 2.24) is 20.0 Å². The molecule has 1 aliphatic heterocycles. The first kappa shape index (κ1) is 16.7. The van der Waals surface area contributed by atoms with E-state index in [2.05, 4.69) is 27.4 Å². The third-order valence-electron chi connectivity index (χ3n) is 4.49. The van der Waals surface area contributed by atoms with Gasteiger partial charge in [0.25, 0.3) is 5.91 Å². The maximum Gasteiger partial charge on any atom is 0.254 e. The van der Waals surface area contributed by atoms with E-state index in [1.54, 1.807) is 17.9 Å². The van der Waals surface area contributed by atoms with E-state index in [1.807, 2.05) is 25.1 Å². The van der Waals surface area contributed by atoms with Gasteiger partial charge < -0.3 is 10.4 Å². The van der Waals surface area contributed by atoms with Crippen LogP contribution in [0.5, 0.6) is 0 Å². The molecule has 0 spiro atoms. The zero-order valence-electron chi connectivity index (χ0n) is 14.1. The fraction of sp³-hybridized carbons (Fsp3) is 0.444. The highest BCUT2D eigenvalue weighted by Gasteiger charge is 2.31. The standard InChI is InChI=1S/C18H24N4O2/c1-13-17(12-21(2)20-13)18(24)19-9-15-8-16(23)11-22(15)10-14-6-4-3-5-7-14/h3-7,12,15-16,23H,8-11H2,1-2H3,(H,19,24). The number of hydrogen-bond donors (Lipinski definition) is 2. The summed E-state index contributed by atoms with van der Waals surface area (Å²) in [5.74, 6) is -0.110. The molecule has 2 atom stereocenters. The van der Waals surface area contributed by atoms with E-state index in [1.165, 1.54) is 5.56 Å². The molecule has 2 heterocycles. The molecule has 1 aromatic carbocycles. The summed E-state index contributed by atoms with van der Waals surface area (Å²) in [5.41, 5.74) is 2.54. The minimum absolute atomic E-state index is 0.110. The largest absolute Gasteiger partial charge is 0.392 e. The number of β-amino-alcohol motifs (C(OH)–C–C–N with tert-alkyl or cyclic N) is 1. The minimum Gasteiger partial charge on any atom is -0.392 e. The molecule has 1 aliphatic rings. The molecular weight excluding hydrogens is 304 g/mol. The quantitative estimate of drug-likeness (QED) is 0.862. The number of aryl methyl sites for hydroxylation is 2.